The van der Waals surface area contributed by atoms with Crippen LogP contribution < -0.4 is 5.32 Å². The van der Waals surface area contributed by atoms with Crippen molar-refractivity contribution in [2.24, 2.45) is 0 Å². The minimum atomic E-state index is -1.53. The van der Waals surface area contributed by atoms with Gasteiger partial charge in [0, 0.05) is 12.8 Å². The molecule has 1 aromatic rings. The Bertz CT molecular complexity index is 599. The van der Waals surface area contributed by atoms with Gasteiger partial charge in [-0.2, -0.15) is 0 Å². The van der Waals surface area contributed by atoms with E-state index in [0.717, 1.165) is 5.56 Å². The number of rotatable bonds is 4. The average molecular weight is 367 g/mol. The first-order valence-corrected chi connectivity index (χ1v) is 7.96. The highest BCUT2D eigenvalue weighted by molar-refractivity contribution is 5.84. The SMILES string of the molecule is C#CC.COCc1ccc(NC(=O)OC2OC(C)C(O)C(O)C2O)cc1. The molecule has 26 heavy (non-hydrogen) atoms. The van der Waals surface area contributed by atoms with Gasteiger partial charge in [0.2, 0.25) is 6.29 Å². The van der Waals surface area contributed by atoms with Crippen LogP contribution in [0.4, 0.5) is 10.5 Å². The molecule has 5 unspecified atom stereocenters. The van der Waals surface area contributed by atoms with E-state index in [1.54, 1.807) is 38.3 Å². The monoisotopic (exact) mass is 367 g/mol. The first kappa shape index (κ1) is 21.9. The van der Waals surface area contributed by atoms with Crippen molar-refractivity contribution in [1.82, 2.24) is 0 Å². The molecule has 2 rings (SSSR count). The Kier molecular flexibility index (Phi) is 9.05. The van der Waals surface area contributed by atoms with Crippen molar-refractivity contribution in [3.63, 3.8) is 0 Å². The van der Waals surface area contributed by atoms with Crippen LogP contribution >= 0.6 is 0 Å². The molecule has 1 aliphatic heterocycles. The zero-order valence-corrected chi connectivity index (χ0v) is 15.0. The summed E-state index contributed by atoms with van der Waals surface area (Å²) in [5.41, 5.74) is 1.44. The van der Waals surface area contributed by atoms with Gasteiger partial charge in [-0.15, -0.1) is 12.3 Å². The smallest absolute Gasteiger partial charge is 0.414 e. The predicted octanol–water partition coefficient (Wildman–Crippen LogP) is 0.848. The number of nitrogens with one attached hydrogen (secondary N) is 1. The van der Waals surface area contributed by atoms with E-state index >= 15 is 0 Å². The normalized spacial score (nSPS) is 27.5. The molecule has 0 radical (unpaired) electrons. The van der Waals surface area contributed by atoms with Crippen molar-refractivity contribution in [3.8, 4) is 12.3 Å². The Morgan fingerprint density at radius 3 is 2.35 bits per heavy atom. The number of methoxy groups -OCH3 is 1. The lowest BCUT2D eigenvalue weighted by atomic mass is 10.0. The van der Waals surface area contributed by atoms with E-state index in [1.165, 1.54) is 6.92 Å². The summed E-state index contributed by atoms with van der Waals surface area (Å²) >= 11 is 0. The third-order valence-corrected chi connectivity index (χ3v) is 3.54. The number of aliphatic hydroxyl groups excluding tert-OH is 3. The molecule has 0 aromatic heterocycles. The Morgan fingerprint density at radius 2 is 1.81 bits per heavy atom. The van der Waals surface area contributed by atoms with Crippen molar-refractivity contribution in [2.75, 3.05) is 12.4 Å². The van der Waals surface area contributed by atoms with E-state index in [0.29, 0.717) is 12.3 Å². The molecule has 0 spiro atoms. The number of benzene rings is 1. The molecule has 1 saturated heterocycles. The number of ether oxygens (including phenoxy) is 3. The molecule has 8 nitrogen and oxygen atoms in total. The van der Waals surface area contributed by atoms with Crippen LogP contribution in [0.2, 0.25) is 0 Å². The second-order valence-corrected chi connectivity index (χ2v) is 5.63. The van der Waals surface area contributed by atoms with E-state index in [2.05, 4.69) is 17.7 Å². The van der Waals surface area contributed by atoms with Crippen molar-refractivity contribution < 1.29 is 34.3 Å². The topological polar surface area (TPSA) is 117 Å². The van der Waals surface area contributed by atoms with Crippen LogP contribution in [-0.2, 0) is 20.8 Å². The summed E-state index contributed by atoms with van der Waals surface area (Å²) in [6.07, 6.45) is -2.62. The van der Waals surface area contributed by atoms with Crippen molar-refractivity contribution in [1.29, 1.82) is 0 Å². The second-order valence-electron chi connectivity index (χ2n) is 5.63. The Balaban J connectivity index is 0.00000105. The second kappa shape index (κ2) is 10.8. The molecular formula is C18H25NO7. The number of hydrogen-bond donors (Lipinski definition) is 4. The van der Waals surface area contributed by atoms with Gasteiger partial charge in [-0.3, -0.25) is 5.32 Å². The zero-order valence-electron chi connectivity index (χ0n) is 15.0. The van der Waals surface area contributed by atoms with Gasteiger partial charge in [0.15, 0.2) is 0 Å². The molecule has 1 aliphatic rings. The maximum Gasteiger partial charge on any atom is 0.414 e. The molecule has 1 fully saturated rings. The average Bonchev–Trinajstić information content (AvgIpc) is 2.60. The van der Waals surface area contributed by atoms with E-state index < -0.39 is 36.8 Å². The van der Waals surface area contributed by atoms with Gasteiger partial charge in [0.1, 0.15) is 18.3 Å². The molecule has 5 atom stereocenters. The molecule has 144 valence electrons. The highest BCUT2D eigenvalue weighted by atomic mass is 16.7. The van der Waals surface area contributed by atoms with Crippen LogP contribution in [0.3, 0.4) is 0 Å². The number of amides is 1. The van der Waals surface area contributed by atoms with Gasteiger partial charge in [0.05, 0.1) is 12.7 Å². The summed E-state index contributed by atoms with van der Waals surface area (Å²) in [4.78, 5) is 11.8. The third kappa shape index (κ3) is 6.29. The molecule has 1 amide bonds. The molecule has 1 aromatic carbocycles. The van der Waals surface area contributed by atoms with Gasteiger partial charge in [-0.1, -0.05) is 12.1 Å². The molecule has 0 aliphatic carbocycles. The molecule has 0 bridgehead atoms. The predicted molar refractivity (Wildman–Crippen MR) is 94.1 cm³/mol. The lowest BCUT2D eigenvalue weighted by Crippen LogP contribution is -2.57. The largest absolute Gasteiger partial charge is 0.416 e. The summed E-state index contributed by atoms with van der Waals surface area (Å²) in [6.45, 7) is 3.62. The Labute approximate surface area is 152 Å². The van der Waals surface area contributed by atoms with E-state index in [9.17, 15) is 20.1 Å². The maximum atomic E-state index is 11.8. The number of hydrogen-bond acceptors (Lipinski definition) is 7. The number of aliphatic hydroxyl groups is 3. The Hall–Kier alpha value is -2.15. The molecule has 4 N–H and O–H groups in total. The summed E-state index contributed by atoms with van der Waals surface area (Å²) < 4.78 is 15.1. The van der Waals surface area contributed by atoms with Crippen molar-refractivity contribution in [3.05, 3.63) is 29.8 Å². The van der Waals surface area contributed by atoms with Gasteiger partial charge in [-0.05, 0) is 31.5 Å². The van der Waals surface area contributed by atoms with Crippen molar-refractivity contribution in [2.45, 2.75) is 51.2 Å². The summed E-state index contributed by atoms with van der Waals surface area (Å²) in [5.74, 6) is 2.25. The molecular weight excluding hydrogens is 342 g/mol. The summed E-state index contributed by atoms with van der Waals surface area (Å²) in [7, 11) is 1.59. The maximum absolute atomic E-state index is 11.8. The minimum absolute atomic E-state index is 0.463. The van der Waals surface area contributed by atoms with Gasteiger partial charge in [-0.25, -0.2) is 4.79 Å². The van der Waals surface area contributed by atoms with Gasteiger partial charge >= 0.3 is 6.09 Å². The fourth-order valence-corrected chi connectivity index (χ4v) is 2.21. The number of carbonyl (C=O) groups excluding carboxylic acids is 1. The third-order valence-electron chi connectivity index (χ3n) is 3.54. The van der Waals surface area contributed by atoms with Crippen LogP contribution in [0.15, 0.2) is 24.3 Å². The lowest BCUT2D eigenvalue weighted by Gasteiger charge is -2.38. The van der Waals surface area contributed by atoms with Crippen LogP contribution in [0.25, 0.3) is 0 Å². The highest BCUT2D eigenvalue weighted by Gasteiger charge is 2.43. The number of carbonyl (C=O) groups is 1. The van der Waals surface area contributed by atoms with Crippen molar-refractivity contribution >= 4 is 11.8 Å². The van der Waals surface area contributed by atoms with Gasteiger partial charge in [0.25, 0.3) is 0 Å². The van der Waals surface area contributed by atoms with E-state index in [4.69, 9.17) is 14.2 Å². The number of terminal acetylenes is 1. The standard InChI is InChI=1S/C15H21NO7.C3H4/c1-8-11(17)12(18)13(19)14(22-8)23-15(20)16-10-5-3-9(4-6-10)7-21-2;1-3-2/h3-6,8,11-14,17-19H,7H2,1-2H3,(H,16,20);1H,2H3. The first-order valence-electron chi connectivity index (χ1n) is 7.96. The fraction of sp³-hybridized carbons (Fsp3) is 0.500. The van der Waals surface area contributed by atoms with Crippen LogP contribution in [0, 0.1) is 12.3 Å². The lowest BCUT2D eigenvalue weighted by molar-refractivity contribution is -0.275. The van der Waals surface area contributed by atoms with E-state index in [1.807, 2.05) is 0 Å². The molecule has 0 saturated carbocycles. The first-order chi connectivity index (χ1) is 12.3. The highest BCUT2D eigenvalue weighted by Crippen LogP contribution is 2.22. The van der Waals surface area contributed by atoms with E-state index in [-0.39, 0.29) is 0 Å². The molecule has 1 heterocycles. The minimum Gasteiger partial charge on any atom is -0.416 e. The Morgan fingerprint density at radius 1 is 1.23 bits per heavy atom. The molecule has 8 heteroatoms. The fourth-order valence-electron chi connectivity index (χ4n) is 2.21. The summed E-state index contributed by atoms with van der Waals surface area (Å²) in [6, 6.07) is 6.92. The van der Waals surface area contributed by atoms with Gasteiger partial charge < -0.3 is 29.5 Å². The summed E-state index contributed by atoms with van der Waals surface area (Å²) in [5, 5.41) is 31.5. The number of anilines is 1. The zero-order chi connectivity index (χ0) is 19.7. The van der Waals surface area contributed by atoms with Crippen LogP contribution in [0.1, 0.15) is 19.4 Å². The van der Waals surface area contributed by atoms with Crippen LogP contribution in [-0.4, -0.2) is 59.2 Å². The van der Waals surface area contributed by atoms with Crippen LogP contribution in [0.5, 0.6) is 0 Å². The quantitative estimate of drug-likeness (QED) is 0.583.